The van der Waals surface area contributed by atoms with Crippen molar-refractivity contribution >= 4 is 39.2 Å². The summed E-state index contributed by atoms with van der Waals surface area (Å²) in [5, 5.41) is 0.770. The summed E-state index contributed by atoms with van der Waals surface area (Å²) in [6.45, 7) is 0.137. The molecule has 8 heteroatoms. The van der Waals surface area contributed by atoms with Crippen LogP contribution in [-0.4, -0.2) is 32.8 Å². The van der Waals surface area contributed by atoms with Gasteiger partial charge in [-0.25, -0.2) is 13.2 Å². The first-order valence-electron chi connectivity index (χ1n) is 6.84. The Morgan fingerprint density at radius 3 is 2.25 bits per heavy atom. The molecule has 0 aliphatic carbocycles. The molecule has 0 aromatic heterocycles. The Morgan fingerprint density at radius 2 is 1.71 bits per heavy atom. The van der Waals surface area contributed by atoms with Crippen molar-refractivity contribution in [3.63, 3.8) is 0 Å². The molecule has 24 heavy (non-hydrogen) atoms. The summed E-state index contributed by atoms with van der Waals surface area (Å²) in [6, 6.07) is 10.5. The molecule has 0 unspecified atom stereocenters. The van der Waals surface area contributed by atoms with Gasteiger partial charge in [-0.05, 0) is 42.0 Å². The Labute approximate surface area is 150 Å². The predicted octanol–water partition coefficient (Wildman–Crippen LogP) is 3.60. The molecule has 2 aromatic carbocycles. The Kier molecular flexibility index (Phi) is 5.87. The molecule has 2 rings (SSSR count). The largest absolute Gasteiger partial charge is 0.465 e. The van der Waals surface area contributed by atoms with Crippen LogP contribution in [0.5, 0.6) is 0 Å². The second-order valence-electron chi connectivity index (χ2n) is 5.03. The minimum absolute atomic E-state index is 0.0812. The zero-order valence-corrected chi connectivity index (χ0v) is 15.3. The highest BCUT2D eigenvalue weighted by atomic mass is 35.5. The van der Waals surface area contributed by atoms with E-state index in [1.807, 2.05) is 0 Å². The van der Waals surface area contributed by atoms with E-state index >= 15 is 0 Å². The number of methoxy groups -OCH3 is 1. The fourth-order valence-electron chi connectivity index (χ4n) is 2.04. The lowest BCUT2D eigenvalue weighted by molar-refractivity contribution is 0.0600. The average Bonchev–Trinajstić information content (AvgIpc) is 2.57. The molecular formula is C16H15Cl2NO4S. The highest BCUT2D eigenvalue weighted by Crippen LogP contribution is 2.24. The first-order valence-corrected chi connectivity index (χ1v) is 9.04. The van der Waals surface area contributed by atoms with Gasteiger partial charge in [0.25, 0.3) is 0 Å². The van der Waals surface area contributed by atoms with Gasteiger partial charge in [-0.3, -0.25) is 0 Å². The zero-order valence-electron chi connectivity index (χ0n) is 13.0. The lowest BCUT2D eigenvalue weighted by Gasteiger charge is -2.17. The van der Waals surface area contributed by atoms with Crippen LogP contribution in [0.1, 0.15) is 15.9 Å². The summed E-state index contributed by atoms with van der Waals surface area (Å²) in [5.41, 5.74) is 0.991. The SMILES string of the molecule is COC(=O)c1ccc(S(=O)(=O)N(C)Cc2ccc(Cl)c(Cl)c2)cc1. The van der Waals surface area contributed by atoms with Crippen molar-refractivity contribution < 1.29 is 17.9 Å². The fourth-order valence-corrected chi connectivity index (χ4v) is 3.52. The molecule has 5 nitrogen and oxygen atoms in total. The number of hydrogen-bond donors (Lipinski definition) is 0. The maximum Gasteiger partial charge on any atom is 0.337 e. The van der Waals surface area contributed by atoms with E-state index in [0.717, 1.165) is 0 Å². The third-order valence-corrected chi connectivity index (χ3v) is 5.93. The van der Waals surface area contributed by atoms with Gasteiger partial charge in [0.2, 0.25) is 10.0 Å². The topological polar surface area (TPSA) is 63.7 Å². The standard InChI is InChI=1S/C16H15Cl2NO4S/c1-19(10-11-3-8-14(17)15(18)9-11)24(21,22)13-6-4-12(5-7-13)16(20)23-2/h3-9H,10H2,1-2H3. The van der Waals surface area contributed by atoms with Gasteiger partial charge < -0.3 is 4.74 Å². The lowest BCUT2D eigenvalue weighted by Crippen LogP contribution is -2.26. The Hall–Kier alpha value is -1.60. The Balaban J connectivity index is 2.22. The zero-order chi connectivity index (χ0) is 17.9. The van der Waals surface area contributed by atoms with Crippen LogP contribution in [0.2, 0.25) is 10.0 Å². The van der Waals surface area contributed by atoms with Crippen molar-refractivity contribution in [1.82, 2.24) is 4.31 Å². The van der Waals surface area contributed by atoms with Crippen LogP contribution >= 0.6 is 23.2 Å². The van der Waals surface area contributed by atoms with E-state index in [1.165, 1.54) is 42.7 Å². The third kappa shape index (κ3) is 4.08. The third-order valence-electron chi connectivity index (χ3n) is 3.37. The van der Waals surface area contributed by atoms with E-state index in [-0.39, 0.29) is 17.0 Å². The van der Waals surface area contributed by atoms with Crippen LogP contribution < -0.4 is 0 Å². The van der Waals surface area contributed by atoms with Crippen molar-refractivity contribution in [2.75, 3.05) is 14.2 Å². The van der Waals surface area contributed by atoms with Gasteiger partial charge in [-0.2, -0.15) is 4.31 Å². The van der Waals surface area contributed by atoms with Crippen molar-refractivity contribution in [1.29, 1.82) is 0 Å². The minimum Gasteiger partial charge on any atom is -0.465 e. The smallest absolute Gasteiger partial charge is 0.337 e. The number of rotatable bonds is 5. The number of carbonyl (C=O) groups excluding carboxylic acids is 1. The lowest BCUT2D eigenvalue weighted by atomic mass is 10.2. The van der Waals surface area contributed by atoms with E-state index in [9.17, 15) is 13.2 Å². The van der Waals surface area contributed by atoms with Gasteiger partial charge in [-0.1, -0.05) is 29.3 Å². The molecule has 0 aliphatic rings. The molecule has 0 fully saturated rings. The van der Waals surface area contributed by atoms with Gasteiger partial charge in [0, 0.05) is 13.6 Å². The molecule has 128 valence electrons. The average molecular weight is 388 g/mol. The van der Waals surface area contributed by atoms with E-state index in [0.29, 0.717) is 15.6 Å². The van der Waals surface area contributed by atoms with Crippen LogP contribution in [0, 0.1) is 0 Å². The molecule has 0 bridgehead atoms. The van der Waals surface area contributed by atoms with Crippen LogP contribution in [-0.2, 0) is 21.3 Å². The predicted molar refractivity (Wildman–Crippen MR) is 92.9 cm³/mol. The molecule has 0 N–H and O–H groups in total. The maximum atomic E-state index is 12.6. The highest BCUT2D eigenvalue weighted by molar-refractivity contribution is 7.89. The minimum atomic E-state index is -3.70. The van der Waals surface area contributed by atoms with Gasteiger partial charge in [-0.15, -0.1) is 0 Å². The van der Waals surface area contributed by atoms with Crippen LogP contribution in [0.3, 0.4) is 0 Å². The molecule has 0 saturated carbocycles. The summed E-state index contributed by atoms with van der Waals surface area (Å²) < 4.78 is 31.0. The van der Waals surface area contributed by atoms with Crippen molar-refractivity contribution in [3.8, 4) is 0 Å². The quantitative estimate of drug-likeness (QED) is 0.735. The monoisotopic (exact) mass is 387 g/mol. The van der Waals surface area contributed by atoms with Crippen molar-refractivity contribution in [2.24, 2.45) is 0 Å². The van der Waals surface area contributed by atoms with Gasteiger partial charge in [0.1, 0.15) is 0 Å². The molecule has 0 atom stereocenters. The second-order valence-corrected chi connectivity index (χ2v) is 7.88. The van der Waals surface area contributed by atoms with Crippen LogP contribution in [0.4, 0.5) is 0 Å². The molecule has 0 saturated heterocycles. The number of esters is 1. The Bertz CT molecular complexity index is 851. The molecule has 0 radical (unpaired) electrons. The summed E-state index contributed by atoms with van der Waals surface area (Å²) in [7, 11) is -0.978. The molecule has 0 heterocycles. The summed E-state index contributed by atoms with van der Waals surface area (Å²) >= 11 is 11.8. The first-order chi connectivity index (χ1) is 11.3. The van der Waals surface area contributed by atoms with Gasteiger partial charge >= 0.3 is 5.97 Å². The molecule has 0 aliphatic heterocycles. The number of nitrogens with zero attached hydrogens (tertiary/aromatic N) is 1. The molecular weight excluding hydrogens is 373 g/mol. The number of ether oxygens (including phenoxy) is 1. The normalized spacial score (nSPS) is 11.5. The number of halogens is 2. The van der Waals surface area contributed by atoms with E-state index in [2.05, 4.69) is 4.74 Å². The van der Waals surface area contributed by atoms with Crippen molar-refractivity contribution in [2.45, 2.75) is 11.4 Å². The first kappa shape index (κ1) is 18.7. The van der Waals surface area contributed by atoms with Crippen LogP contribution in [0.25, 0.3) is 0 Å². The highest BCUT2D eigenvalue weighted by Gasteiger charge is 2.21. The number of sulfonamides is 1. The summed E-state index contributed by atoms with van der Waals surface area (Å²) in [5.74, 6) is -0.525. The summed E-state index contributed by atoms with van der Waals surface area (Å²) in [4.78, 5) is 11.5. The summed E-state index contributed by atoms with van der Waals surface area (Å²) in [6.07, 6.45) is 0. The van der Waals surface area contributed by atoms with Gasteiger partial charge in [0.15, 0.2) is 0 Å². The molecule has 0 spiro atoms. The van der Waals surface area contributed by atoms with E-state index in [4.69, 9.17) is 23.2 Å². The number of hydrogen-bond acceptors (Lipinski definition) is 4. The Morgan fingerprint density at radius 1 is 1.08 bits per heavy atom. The fraction of sp³-hybridized carbons (Fsp3) is 0.188. The van der Waals surface area contributed by atoms with E-state index < -0.39 is 16.0 Å². The van der Waals surface area contributed by atoms with Crippen molar-refractivity contribution in [3.05, 3.63) is 63.6 Å². The second kappa shape index (κ2) is 7.53. The maximum absolute atomic E-state index is 12.6. The number of benzene rings is 2. The molecule has 2 aromatic rings. The van der Waals surface area contributed by atoms with E-state index in [1.54, 1.807) is 18.2 Å². The van der Waals surface area contributed by atoms with Gasteiger partial charge in [0.05, 0.1) is 27.6 Å². The van der Waals surface area contributed by atoms with Crippen LogP contribution in [0.15, 0.2) is 47.4 Å². The number of carbonyl (C=O) groups is 1. The molecule has 0 amide bonds.